The van der Waals surface area contributed by atoms with Crippen LogP contribution in [0.3, 0.4) is 0 Å². The lowest BCUT2D eigenvalue weighted by molar-refractivity contribution is 0.0519. The van der Waals surface area contributed by atoms with Crippen LogP contribution in [0.5, 0.6) is 0 Å². The molecule has 0 radical (unpaired) electrons. The van der Waals surface area contributed by atoms with Crippen molar-refractivity contribution in [2.45, 2.75) is 6.92 Å². The maximum absolute atomic E-state index is 11.5. The van der Waals surface area contributed by atoms with Crippen LogP contribution >= 0.6 is 0 Å². The quantitative estimate of drug-likeness (QED) is 0.799. The Labute approximate surface area is 98.0 Å². The monoisotopic (exact) mass is 232 g/mol. The lowest BCUT2D eigenvalue weighted by Crippen LogP contribution is -2.07. The van der Waals surface area contributed by atoms with Crippen LogP contribution in [0.25, 0.3) is 5.69 Å². The van der Waals surface area contributed by atoms with Crippen LogP contribution in [0.2, 0.25) is 0 Å². The predicted octanol–water partition coefficient (Wildman–Crippen LogP) is 1.03. The van der Waals surface area contributed by atoms with E-state index >= 15 is 0 Å². The summed E-state index contributed by atoms with van der Waals surface area (Å²) in [6, 6.07) is 5.04. The van der Waals surface area contributed by atoms with Crippen molar-refractivity contribution in [1.82, 2.24) is 14.8 Å². The van der Waals surface area contributed by atoms with Gasteiger partial charge in [0.25, 0.3) is 0 Å². The van der Waals surface area contributed by atoms with Crippen LogP contribution in [0.1, 0.15) is 17.4 Å². The van der Waals surface area contributed by atoms with E-state index in [4.69, 9.17) is 10.5 Å². The second kappa shape index (κ2) is 4.65. The molecule has 0 fully saturated rings. The Morgan fingerprint density at radius 3 is 3.06 bits per heavy atom. The Kier molecular flexibility index (Phi) is 3.04. The predicted molar refractivity (Wildman–Crippen MR) is 61.7 cm³/mol. The summed E-state index contributed by atoms with van der Waals surface area (Å²) in [4.78, 5) is 15.4. The van der Waals surface area contributed by atoms with Gasteiger partial charge in [0.05, 0.1) is 18.5 Å². The molecule has 0 aliphatic rings. The number of nitrogens with two attached hydrogens (primary N) is 1. The Morgan fingerprint density at radius 1 is 1.59 bits per heavy atom. The first-order chi connectivity index (χ1) is 8.22. The average Bonchev–Trinajstić information content (AvgIpc) is 2.73. The fourth-order valence-corrected chi connectivity index (χ4v) is 1.39. The molecule has 0 saturated carbocycles. The zero-order valence-electron chi connectivity index (χ0n) is 9.33. The van der Waals surface area contributed by atoms with E-state index < -0.39 is 5.97 Å². The number of aromatic nitrogens is 3. The molecule has 0 aromatic carbocycles. The van der Waals surface area contributed by atoms with Gasteiger partial charge in [-0.3, -0.25) is 4.98 Å². The van der Waals surface area contributed by atoms with Crippen LogP contribution in [0.15, 0.2) is 30.6 Å². The molecule has 0 spiro atoms. The van der Waals surface area contributed by atoms with E-state index in [9.17, 15) is 4.79 Å². The lowest BCUT2D eigenvalue weighted by atomic mass is 10.4. The molecular weight excluding hydrogens is 220 g/mol. The number of rotatable bonds is 3. The third-order valence-corrected chi connectivity index (χ3v) is 2.11. The van der Waals surface area contributed by atoms with Gasteiger partial charge in [-0.15, -0.1) is 0 Å². The minimum Gasteiger partial charge on any atom is -0.461 e. The van der Waals surface area contributed by atoms with Crippen LogP contribution in [-0.4, -0.2) is 27.3 Å². The summed E-state index contributed by atoms with van der Waals surface area (Å²) < 4.78 is 6.29. The van der Waals surface area contributed by atoms with Gasteiger partial charge in [-0.1, -0.05) is 0 Å². The number of ether oxygens (including phenoxy) is 1. The van der Waals surface area contributed by atoms with E-state index in [0.717, 1.165) is 0 Å². The normalized spacial score (nSPS) is 10.2. The second-order valence-electron chi connectivity index (χ2n) is 3.30. The summed E-state index contributed by atoms with van der Waals surface area (Å²) in [6.45, 7) is 2.04. The van der Waals surface area contributed by atoms with Gasteiger partial charge in [-0.25, -0.2) is 9.48 Å². The first-order valence-corrected chi connectivity index (χ1v) is 5.15. The van der Waals surface area contributed by atoms with Gasteiger partial charge in [0.2, 0.25) is 0 Å². The van der Waals surface area contributed by atoms with Gasteiger partial charge in [-0.05, 0) is 19.1 Å². The van der Waals surface area contributed by atoms with Gasteiger partial charge in [-0.2, -0.15) is 5.10 Å². The minimum absolute atomic E-state index is 0.188. The third kappa shape index (κ3) is 2.25. The summed E-state index contributed by atoms with van der Waals surface area (Å²) >= 11 is 0. The van der Waals surface area contributed by atoms with Gasteiger partial charge in [0, 0.05) is 12.3 Å². The maximum atomic E-state index is 11.5. The number of hydrogen-bond donors (Lipinski definition) is 1. The maximum Gasteiger partial charge on any atom is 0.358 e. The highest BCUT2D eigenvalue weighted by atomic mass is 16.5. The van der Waals surface area contributed by atoms with E-state index in [1.165, 1.54) is 10.7 Å². The molecule has 88 valence electrons. The van der Waals surface area contributed by atoms with Gasteiger partial charge < -0.3 is 10.5 Å². The van der Waals surface area contributed by atoms with E-state index in [2.05, 4.69) is 10.1 Å². The Hall–Kier alpha value is -2.37. The standard InChI is InChI=1S/C11H12N4O2/c1-2-17-11(16)9-6-10(12)15(14-9)8-4-3-5-13-7-8/h3-7H,2,12H2,1H3. The fraction of sp³-hybridized carbons (Fsp3) is 0.182. The molecule has 17 heavy (non-hydrogen) atoms. The SMILES string of the molecule is CCOC(=O)c1cc(N)n(-c2cccnc2)n1. The Balaban J connectivity index is 2.35. The summed E-state index contributed by atoms with van der Waals surface area (Å²) in [7, 11) is 0. The van der Waals surface area contributed by atoms with E-state index in [1.807, 2.05) is 0 Å². The highest BCUT2D eigenvalue weighted by Crippen LogP contribution is 2.13. The first-order valence-electron chi connectivity index (χ1n) is 5.15. The number of nitrogen functional groups attached to an aromatic ring is 1. The van der Waals surface area contributed by atoms with E-state index in [0.29, 0.717) is 18.1 Å². The number of hydrogen-bond acceptors (Lipinski definition) is 5. The molecule has 2 aromatic rings. The van der Waals surface area contributed by atoms with Crippen LogP contribution < -0.4 is 5.73 Å². The number of esters is 1. The highest BCUT2D eigenvalue weighted by molar-refractivity contribution is 5.88. The zero-order chi connectivity index (χ0) is 12.3. The van der Waals surface area contributed by atoms with Gasteiger partial charge >= 0.3 is 5.97 Å². The topological polar surface area (TPSA) is 83.0 Å². The first kappa shape index (κ1) is 11.1. The van der Waals surface area contributed by atoms with Crippen molar-refractivity contribution in [2.75, 3.05) is 12.3 Å². The molecular formula is C11H12N4O2. The van der Waals surface area contributed by atoms with Crippen molar-refractivity contribution in [1.29, 1.82) is 0 Å². The van der Waals surface area contributed by atoms with Crippen LogP contribution in [0.4, 0.5) is 5.82 Å². The van der Waals surface area contributed by atoms with Crippen molar-refractivity contribution in [2.24, 2.45) is 0 Å². The number of carbonyl (C=O) groups is 1. The molecule has 0 unspecified atom stereocenters. The molecule has 2 aromatic heterocycles. The summed E-state index contributed by atoms with van der Waals surface area (Å²) in [5, 5.41) is 4.08. The van der Waals surface area contributed by atoms with Crippen LogP contribution in [-0.2, 0) is 4.74 Å². The number of nitrogens with zero attached hydrogens (tertiary/aromatic N) is 3. The molecule has 0 atom stereocenters. The van der Waals surface area contributed by atoms with Crippen molar-refractivity contribution in [3.05, 3.63) is 36.3 Å². The minimum atomic E-state index is -0.484. The van der Waals surface area contributed by atoms with Crippen molar-refractivity contribution in [3.63, 3.8) is 0 Å². The van der Waals surface area contributed by atoms with Crippen molar-refractivity contribution < 1.29 is 9.53 Å². The second-order valence-corrected chi connectivity index (χ2v) is 3.30. The molecule has 6 heteroatoms. The van der Waals surface area contributed by atoms with Crippen molar-refractivity contribution >= 4 is 11.8 Å². The van der Waals surface area contributed by atoms with E-state index in [-0.39, 0.29) is 5.69 Å². The molecule has 0 saturated heterocycles. The molecule has 0 bridgehead atoms. The molecule has 2 N–H and O–H groups in total. The molecule has 2 rings (SSSR count). The molecule has 6 nitrogen and oxygen atoms in total. The Bertz CT molecular complexity index is 522. The summed E-state index contributed by atoms with van der Waals surface area (Å²) in [5.41, 5.74) is 6.66. The fourth-order valence-electron chi connectivity index (χ4n) is 1.39. The molecule has 2 heterocycles. The molecule has 0 amide bonds. The third-order valence-electron chi connectivity index (χ3n) is 2.11. The smallest absolute Gasteiger partial charge is 0.358 e. The van der Waals surface area contributed by atoms with Gasteiger partial charge in [0.15, 0.2) is 5.69 Å². The summed E-state index contributed by atoms with van der Waals surface area (Å²) in [6.07, 6.45) is 3.26. The Morgan fingerprint density at radius 2 is 2.41 bits per heavy atom. The lowest BCUT2D eigenvalue weighted by Gasteiger charge is -2.01. The number of anilines is 1. The number of carbonyl (C=O) groups excluding carboxylic acids is 1. The van der Waals surface area contributed by atoms with Crippen LogP contribution in [0, 0.1) is 0 Å². The van der Waals surface area contributed by atoms with Gasteiger partial charge in [0.1, 0.15) is 5.82 Å². The highest BCUT2D eigenvalue weighted by Gasteiger charge is 2.14. The molecule has 0 aliphatic carbocycles. The average molecular weight is 232 g/mol. The zero-order valence-corrected chi connectivity index (χ0v) is 9.33. The van der Waals surface area contributed by atoms with Crippen molar-refractivity contribution in [3.8, 4) is 5.69 Å². The number of pyridine rings is 1. The summed E-state index contributed by atoms with van der Waals surface area (Å²) in [5.74, 6) is -0.122. The largest absolute Gasteiger partial charge is 0.461 e. The molecule has 0 aliphatic heterocycles. The van der Waals surface area contributed by atoms with E-state index in [1.54, 1.807) is 31.5 Å².